The second-order valence-electron chi connectivity index (χ2n) is 4.98. The summed E-state index contributed by atoms with van der Waals surface area (Å²) >= 11 is 3.62. The molecule has 1 unspecified atom stereocenters. The van der Waals surface area contributed by atoms with Crippen molar-refractivity contribution in [2.24, 2.45) is 5.84 Å². The Kier molecular flexibility index (Phi) is 4.40. The van der Waals surface area contributed by atoms with Gasteiger partial charge in [-0.1, -0.05) is 57.4 Å². The van der Waals surface area contributed by atoms with E-state index >= 15 is 0 Å². The normalized spacial score (nSPS) is 12.5. The van der Waals surface area contributed by atoms with Crippen molar-refractivity contribution in [3.63, 3.8) is 0 Å². The van der Waals surface area contributed by atoms with Gasteiger partial charge in [-0.05, 0) is 43.5 Å². The highest BCUT2D eigenvalue weighted by atomic mass is 79.9. The standard InChI is InChI=1S/C16H19BrN2/c1-10-4-6-12(3)13(8-10)16(19-18)14-9-11(2)5-7-15(14)17/h4-9,16,19H,18H2,1-3H3. The molecule has 2 nitrogen and oxygen atoms in total. The summed E-state index contributed by atoms with van der Waals surface area (Å²) in [5, 5.41) is 0. The van der Waals surface area contributed by atoms with Crippen LogP contribution in [-0.4, -0.2) is 0 Å². The van der Waals surface area contributed by atoms with Gasteiger partial charge in [0, 0.05) is 4.47 Å². The monoisotopic (exact) mass is 318 g/mol. The smallest absolute Gasteiger partial charge is 0.0723 e. The number of nitrogens with one attached hydrogen (secondary N) is 1. The third-order valence-electron chi connectivity index (χ3n) is 3.37. The fourth-order valence-corrected chi connectivity index (χ4v) is 2.78. The summed E-state index contributed by atoms with van der Waals surface area (Å²) in [7, 11) is 0. The molecule has 0 aliphatic heterocycles. The van der Waals surface area contributed by atoms with Crippen molar-refractivity contribution in [1.82, 2.24) is 5.43 Å². The average Bonchev–Trinajstić information content (AvgIpc) is 2.38. The maximum Gasteiger partial charge on any atom is 0.0723 e. The fourth-order valence-electron chi connectivity index (χ4n) is 2.30. The van der Waals surface area contributed by atoms with Crippen LogP contribution in [0, 0.1) is 20.8 Å². The Morgan fingerprint density at radius 3 is 2.16 bits per heavy atom. The van der Waals surface area contributed by atoms with Crippen LogP contribution in [-0.2, 0) is 0 Å². The van der Waals surface area contributed by atoms with Crippen molar-refractivity contribution in [2.75, 3.05) is 0 Å². The Labute approximate surface area is 123 Å². The van der Waals surface area contributed by atoms with E-state index in [-0.39, 0.29) is 6.04 Å². The average molecular weight is 319 g/mol. The lowest BCUT2D eigenvalue weighted by molar-refractivity contribution is 0.630. The summed E-state index contributed by atoms with van der Waals surface area (Å²) in [5.41, 5.74) is 9.02. The summed E-state index contributed by atoms with van der Waals surface area (Å²) < 4.78 is 1.07. The molecule has 0 aliphatic carbocycles. The zero-order valence-corrected chi connectivity index (χ0v) is 13.1. The first-order valence-electron chi connectivity index (χ1n) is 6.32. The number of nitrogens with two attached hydrogens (primary N) is 1. The number of benzene rings is 2. The molecule has 0 saturated heterocycles. The molecule has 0 spiro atoms. The molecule has 19 heavy (non-hydrogen) atoms. The van der Waals surface area contributed by atoms with E-state index in [1.807, 2.05) is 0 Å². The maximum absolute atomic E-state index is 5.80. The molecule has 1 atom stereocenters. The lowest BCUT2D eigenvalue weighted by Gasteiger charge is -2.21. The summed E-state index contributed by atoms with van der Waals surface area (Å²) in [4.78, 5) is 0. The topological polar surface area (TPSA) is 38.0 Å². The quantitative estimate of drug-likeness (QED) is 0.664. The van der Waals surface area contributed by atoms with Gasteiger partial charge in [0.25, 0.3) is 0 Å². The SMILES string of the molecule is Cc1ccc(C)c(C(NN)c2cc(C)ccc2Br)c1. The predicted molar refractivity (Wildman–Crippen MR) is 84.0 cm³/mol. The number of aryl methyl sites for hydroxylation is 3. The first kappa shape index (κ1) is 14.3. The van der Waals surface area contributed by atoms with Gasteiger partial charge in [0.2, 0.25) is 0 Å². The highest BCUT2D eigenvalue weighted by Crippen LogP contribution is 2.31. The van der Waals surface area contributed by atoms with Crippen molar-refractivity contribution in [2.45, 2.75) is 26.8 Å². The molecular weight excluding hydrogens is 300 g/mol. The molecule has 0 bridgehead atoms. The summed E-state index contributed by atoms with van der Waals surface area (Å²) in [6.45, 7) is 6.30. The minimum absolute atomic E-state index is 0.00539. The molecule has 0 radical (unpaired) electrons. The molecule has 3 heteroatoms. The van der Waals surface area contributed by atoms with Crippen LogP contribution >= 0.6 is 15.9 Å². The van der Waals surface area contributed by atoms with E-state index in [4.69, 9.17) is 5.84 Å². The molecule has 2 aromatic rings. The number of hydrogen-bond donors (Lipinski definition) is 2. The van der Waals surface area contributed by atoms with E-state index < -0.39 is 0 Å². The van der Waals surface area contributed by atoms with Gasteiger partial charge in [-0.2, -0.15) is 0 Å². The Balaban J connectivity index is 2.55. The van der Waals surface area contributed by atoms with E-state index in [2.05, 4.69) is 78.5 Å². The van der Waals surface area contributed by atoms with Crippen molar-refractivity contribution >= 4 is 15.9 Å². The Morgan fingerprint density at radius 2 is 1.53 bits per heavy atom. The second kappa shape index (κ2) is 5.87. The molecule has 0 aliphatic rings. The Hall–Kier alpha value is -1.16. The van der Waals surface area contributed by atoms with Crippen LogP contribution in [0.3, 0.4) is 0 Å². The molecule has 2 rings (SSSR count). The minimum atomic E-state index is -0.00539. The van der Waals surface area contributed by atoms with Crippen LogP contribution in [0.2, 0.25) is 0 Å². The Morgan fingerprint density at radius 1 is 0.947 bits per heavy atom. The van der Waals surface area contributed by atoms with Crippen LogP contribution in [0.4, 0.5) is 0 Å². The molecule has 0 fully saturated rings. The van der Waals surface area contributed by atoms with Gasteiger partial charge in [-0.15, -0.1) is 0 Å². The lowest BCUT2D eigenvalue weighted by Crippen LogP contribution is -2.29. The van der Waals surface area contributed by atoms with E-state index in [1.54, 1.807) is 0 Å². The van der Waals surface area contributed by atoms with Crippen molar-refractivity contribution < 1.29 is 0 Å². The van der Waals surface area contributed by atoms with Gasteiger partial charge in [0.05, 0.1) is 6.04 Å². The number of hydrazine groups is 1. The van der Waals surface area contributed by atoms with Crippen LogP contribution in [0.5, 0.6) is 0 Å². The van der Waals surface area contributed by atoms with Gasteiger partial charge in [0.15, 0.2) is 0 Å². The molecule has 0 heterocycles. The van der Waals surface area contributed by atoms with Gasteiger partial charge < -0.3 is 0 Å². The van der Waals surface area contributed by atoms with Crippen LogP contribution in [0.15, 0.2) is 40.9 Å². The van der Waals surface area contributed by atoms with Crippen molar-refractivity contribution in [1.29, 1.82) is 0 Å². The minimum Gasteiger partial charge on any atom is -0.271 e. The molecule has 0 saturated carbocycles. The third kappa shape index (κ3) is 3.06. The highest BCUT2D eigenvalue weighted by Gasteiger charge is 2.17. The number of hydrogen-bond acceptors (Lipinski definition) is 2. The zero-order valence-electron chi connectivity index (χ0n) is 11.5. The van der Waals surface area contributed by atoms with Gasteiger partial charge in [0.1, 0.15) is 0 Å². The molecular formula is C16H19BrN2. The van der Waals surface area contributed by atoms with Crippen molar-refractivity contribution in [3.8, 4) is 0 Å². The first-order valence-corrected chi connectivity index (χ1v) is 7.11. The molecule has 2 aromatic carbocycles. The van der Waals surface area contributed by atoms with Crippen LogP contribution in [0.25, 0.3) is 0 Å². The molecule has 100 valence electrons. The largest absolute Gasteiger partial charge is 0.271 e. The zero-order chi connectivity index (χ0) is 14.0. The first-order chi connectivity index (χ1) is 9.02. The lowest BCUT2D eigenvalue weighted by atomic mass is 9.93. The number of rotatable bonds is 3. The van der Waals surface area contributed by atoms with Crippen molar-refractivity contribution in [3.05, 3.63) is 68.7 Å². The Bertz CT molecular complexity index is 542. The molecule has 0 aromatic heterocycles. The predicted octanol–water partition coefficient (Wildman–Crippen LogP) is 3.93. The maximum atomic E-state index is 5.80. The summed E-state index contributed by atoms with van der Waals surface area (Å²) in [6, 6.07) is 12.8. The second-order valence-corrected chi connectivity index (χ2v) is 5.84. The van der Waals surface area contributed by atoms with Gasteiger partial charge in [-0.3, -0.25) is 5.84 Å². The molecule has 3 N–H and O–H groups in total. The molecule has 0 amide bonds. The summed E-state index contributed by atoms with van der Waals surface area (Å²) in [6.07, 6.45) is 0. The number of halogens is 1. The highest BCUT2D eigenvalue weighted by molar-refractivity contribution is 9.10. The van der Waals surface area contributed by atoms with Gasteiger partial charge in [-0.25, -0.2) is 5.43 Å². The van der Waals surface area contributed by atoms with E-state index in [9.17, 15) is 0 Å². The van der Waals surface area contributed by atoms with Crippen LogP contribution in [0.1, 0.15) is 33.9 Å². The fraction of sp³-hybridized carbons (Fsp3) is 0.250. The summed E-state index contributed by atoms with van der Waals surface area (Å²) in [5.74, 6) is 5.80. The van der Waals surface area contributed by atoms with Crippen LogP contribution < -0.4 is 11.3 Å². The van der Waals surface area contributed by atoms with E-state index in [1.165, 1.54) is 22.3 Å². The van der Waals surface area contributed by atoms with E-state index in [0.717, 1.165) is 10.0 Å². The van der Waals surface area contributed by atoms with Gasteiger partial charge >= 0.3 is 0 Å². The third-order valence-corrected chi connectivity index (χ3v) is 4.10. The van der Waals surface area contributed by atoms with E-state index in [0.29, 0.717) is 0 Å².